The highest BCUT2D eigenvalue weighted by molar-refractivity contribution is 9.10. The number of halogens is 2. The summed E-state index contributed by atoms with van der Waals surface area (Å²) in [7, 11) is 3.27. The molecule has 0 aliphatic rings. The smallest absolute Gasteiger partial charge is 0.261 e. The minimum atomic E-state index is -1.57. The van der Waals surface area contributed by atoms with Crippen LogP contribution in [0.2, 0.25) is 0 Å². The van der Waals surface area contributed by atoms with E-state index in [0.29, 0.717) is 27.1 Å². The molecule has 0 bridgehead atoms. The Morgan fingerprint density at radius 2 is 2.12 bits per heavy atom. The quantitative estimate of drug-likeness (QED) is 0.393. The lowest BCUT2D eigenvalue weighted by Crippen LogP contribution is -2.26. The number of nitrogens with zero attached hydrogens (tertiary/aromatic N) is 6. The van der Waals surface area contributed by atoms with E-state index >= 15 is 0 Å². The minimum absolute atomic E-state index is 0.0577. The molecule has 0 spiro atoms. The summed E-state index contributed by atoms with van der Waals surface area (Å²) in [4.78, 5) is 31.0. The lowest BCUT2D eigenvalue weighted by Gasteiger charge is -2.13. The average Bonchev–Trinajstić information content (AvgIpc) is 3.38. The SMILES string of the molecule is CC(F)Oc1ccc(Br)cc1-c1nn(CC(=O)N(C)C)cc1NC(=O)c1cnn2cccnc12. The standard InChI is InChI=1S/C22H21BrFN7O3/c1-13(24)34-18-6-5-14(23)9-15(18)20-17(11-30(28-20)12-19(32)29(2)3)27-22(33)16-10-26-31-8-4-7-25-21(16)31/h4-11,13H,12H2,1-3H3,(H,27,33). The van der Waals surface area contributed by atoms with Gasteiger partial charge >= 0.3 is 0 Å². The number of anilines is 1. The van der Waals surface area contributed by atoms with Crippen LogP contribution in [0.15, 0.2) is 53.5 Å². The number of amides is 2. The number of likely N-dealkylation sites (N-methyl/N-ethyl adjacent to an activating group) is 1. The number of aromatic nitrogens is 5. The molecule has 1 atom stereocenters. The van der Waals surface area contributed by atoms with Crippen molar-refractivity contribution < 1.29 is 18.7 Å². The van der Waals surface area contributed by atoms with Gasteiger partial charge in [-0.25, -0.2) is 13.9 Å². The number of benzene rings is 1. The van der Waals surface area contributed by atoms with Crippen molar-refractivity contribution in [3.05, 3.63) is 59.1 Å². The van der Waals surface area contributed by atoms with Gasteiger partial charge in [0.1, 0.15) is 23.6 Å². The summed E-state index contributed by atoms with van der Waals surface area (Å²) < 4.78 is 22.6. The summed E-state index contributed by atoms with van der Waals surface area (Å²) in [5.41, 5.74) is 1.69. The molecular weight excluding hydrogens is 509 g/mol. The van der Waals surface area contributed by atoms with E-state index in [-0.39, 0.29) is 23.8 Å². The van der Waals surface area contributed by atoms with Gasteiger partial charge in [0.05, 0.1) is 11.9 Å². The number of alkyl halides is 1. The Bertz CT molecular complexity index is 1370. The summed E-state index contributed by atoms with van der Waals surface area (Å²) in [6.07, 6.45) is 4.62. The molecule has 0 aliphatic carbocycles. The first-order valence-corrected chi connectivity index (χ1v) is 11.0. The molecule has 0 saturated carbocycles. The zero-order valence-electron chi connectivity index (χ0n) is 18.6. The Morgan fingerprint density at radius 3 is 2.85 bits per heavy atom. The number of rotatable bonds is 7. The number of carbonyl (C=O) groups excluding carboxylic acids is 2. The average molecular weight is 530 g/mol. The molecule has 2 amide bonds. The lowest BCUT2D eigenvalue weighted by atomic mass is 10.1. The number of hydrogen-bond donors (Lipinski definition) is 1. The third kappa shape index (κ3) is 4.91. The Labute approximate surface area is 202 Å². The van der Waals surface area contributed by atoms with Crippen molar-refractivity contribution in [2.24, 2.45) is 0 Å². The van der Waals surface area contributed by atoms with Crippen LogP contribution in [0.5, 0.6) is 5.75 Å². The van der Waals surface area contributed by atoms with E-state index in [2.05, 4.69) is 36.4 Å². The van der Waals surface area contributed by atoms with E-state index in [0.717, 1.165) is 0 Å². The highest BCUT2D eigenvalue weighted by atomic mass is 79.9. The maximum absolute atomic E-state index is 13.7. The van der Waals surface area contributed by atoms with E-state index in [9.17, 15) is 14.0 Å². The van der Waals surface area contributed by atoms with Crippen LogP contribution in [0, 0.1) is 0 Å². The number of nitrogens with one attached hydrogen (secondary N) is 1. The summed E-state index contributed by atoms with van der Waals surface area (Å²) in [6, 6.07) is 6.70. The van der Waals surface area contributed by atoms with Gasteiger partial charge in [0, 0.05) is 49.6 Å². The first-order chi connectivity index (χ1) is 16.2. The van der Waals surface area contributed by atoms with Gasteiger partial charge in [0.25, 0.3) is 5.91 Å². The van der Waals surface area contributed by atoms with E-state index in [1.165, 1.54) is 33.4 Å². The zero-order chi connectivity index (χ0) is 24.4. The fourth-order valence-electron chi connectivity index (χ4n) is 3.21. The molecule has 4 rings (SSSR count). The third-order valence-electron chi connectivity index (χ3n) is 4.82. The molecule has 4 aromatic rings. The molecule has 176 valence electrons. The molecule has 34 heavy (non-hydrogen) atoms. The van der Waals surface area contributed by atoms with Gasteiger partial charge in [-0.3, -0.25) is 14.3 Å². The van der Waals surface area contributed by atoms with Crippen molar-refractivity contribution in [1.29, 1.82) is 0 Å². The topological polar surface area (TPSA) is 107 Å². The van der Waals surface area contributed by atoms with Crippen LogP contribution in [-0.4, -0.2) is 61.5 Å². The van der Waals surface area contributed by atoms with Crippen molar-refractivity contribution in [1.82, 2.24) is 29.3 Å². The van der Waals surface area contributed by atoms with Crippen molar-refractivity contribution in [2.75, 3.05) is 19.4 Å². The van der Waals surface area contributed by atoms with Crippen LogP contribution < -0.4 is 10.1 Å². The van der Waals surface area contributed by atoms with Gasteiger partial charge in [0.15, 0.2) is 5.65 Å². The number of ether oxygens (including phenoxy) is 1. The molecule has 1 N–H and O–H groups in total. The second-order valence-corrected chi connectivity index (χ2v) is 8.49. The van der Waals surface area contributed by atoms with Crippen LogP contribution in [0.3, 0.4) is 0 Å². The van der Waals surface area contributed by atoms with Gasteiger partial charge in [-0.05, 0) is 24.3 Å². The van der Waals surface area contributed by atoms with Crippen LogP contribution in [0.25, 0.3) is 16.9 Å². The fraction of sp³-hybridized carbons (Fsp3) is 0.227. The van der Waals surface area contributed by atoms with Crippen LogP contribution in [0.1, 0.15) is 17.3 Å². The maximum atomic E-state index is 13.7. The van der Waals surface area contributed by atoms with Crippen LogP contribution in [0.4, 0.5) is 10.1 Å². The third-order valence-corrected chi connectivity index (χ3v) is 5.31. The molecule has 0 fully saturated rings. The Balaban J connectivity index is 1.77. The zero-order valence-corrected chi connectivity index (χ0v) is 20.2. The lowest BCUT2D eigenvalue weighted by molar-refractivity contribution is -0.129. The summed E-state index contributed by atoms with van der Waals surface area (Å²) in [5, 5.41) is 11.5. The number of carbonyl (C=O) groups is 2. The molecule has 0 saturated heterocycles. The van der Waals surface area contributed by atoms with Gasteiger partial charge in [-0.15, -0.1) is 0 Å². The van der Waals surface area contributed by atoms with Gasteiger partial charge in [-0.2, -0.15) is 10.2 Å². The predicted octanol–water partition coefficient (Wildman–Crippen LogP) is 3.39. The summed E-state index contributed by atoms with van der Waals surface area (Å²) in [6.45, 7) is 1.21. The van der Waals surface area contributed by atoms with E-state index in [4.69, 9.17) is 4.74 Å². The molecule has 1 aromatic carbocycles. The van der Waals surface area contributed by atoms with E-state index in [1.54, 1.807) is 50.8 Å². The Hall–Kier alpha value is -3.80. The second-order valence-electron chi connectivity index (χ2n) is 7.58. The molecule has 12 heteroatoms. The normalized spacial score (nSPS) is 11.9. The van der Waals surface area contributed by atoms with Crippen molar-refractivity contribution in [2.45, 2.75) is 19.8 Å². The monoisotopic (exact) mass is 529 g/mol. The highest BCUT2D eigenvalue weighted by Gasteiger charge is 2.22. The van der Waals surface area contributed by atoms with Crippen molar-refractivity contribution in [3.63, 3.8) is 0 Å². The minimum Gasteiger partial charge on any atom is -0.460 e. The fourth-order valence-corrected chi connectivity index (χ4v) is 3.58. The molecular formula is C22H21BrFN7O3. The first kappa shape index (κ1) is 23.4. The molecule has 1 unspecified atom stereocenters. The predicted molar refractivity (Wildman–Crippen MR) is 126 cm³/mol. The molecule has 0 aliphatic heterocycles. The van der Waals surface area contributed by atoms with Crippen molar-refractivity contribution in [3.8, 4) is 17.0 Å². The molecule has 0 radical (unpaired) electrons. The van der Waals surface area contributed by atoms with E-state index < -0.39 is 12.3 Å². The van der Waals surface area contributed by atoms with Crippen LogP contribution in [-0.2, 0) is 11.3 Å². The second kappa shape index (κ2) is 9.59. The van der Waals surface area contributed by atoms with Gasteiger partial charge in [-0.1, -0.05) is 15.9 Å². The summed E-state index contributed by atoms with van der Waals surface area (Å²) >= 11 is 3.41. The van der Waals surface area contributed by atoms with Gasteiger partial charge < -0.3 is 15.0 Å². The largest absolute Gasteiger partial charge is 0.460 e. The maximum Gasteiger partial charge on any atom is 0.261 e. The highest BCUT2D eigenvalue weighted by Crippen LogP contribution is 2.37. The Kier molecular flexibility index (Phi) is 6.59. The van der Waals surface area contributed by atoms with E-state index in [1.807, 2.05) is 0 Å². The number of hydrogen-bond acceptors (Lipinski definition) is 6. The molecule has 3 aromatic heterocycles. The van der Waals surface area contributed by atoms with Crippen molar-refractivity contribution >= 4 is 39.1 Å². The van der Waals surface area contributed by atoms with Gasteiger partial charge in [0.2, 0.25) is 12.3 Å². The first-order valence-electron chi connectivity index (χ1n) is 10.2. The summed E-state index contributed by atoms with van der Waals surface area (Å²) in [5.74, 6) is -0.429. The molecule has 10 nitrogen and oxygen atoms in total. The molecule has 3 heterocycles. The number of fused-ring (bicyclic) bond motifs is 1. The van der Waals surface area contributed by atoms with Crippen LogP contribution >= 0.6 is 15.9 Å². The Morgan fingerprint density at radius 1 is 1.32 bits per heavy atom.